The molecule has 5 nitrogen and oxygen atoms in total. The molecule has 1 aromatic rings. The summed E-state index contributed by atoms with van der Waals surface area (Å²) in [4.78, 5) is 0. The van der Waals surface area contributed by atoms with Crippen LogP contribution < -0.4 is 14.6 Å². The number of primary sulfonamides is 1. The van der Waals surface area contributed by atoms with Crippen molar-refractivity contribution in [3.8, 4) is 11.5 Å². The smallest absolute Gasteiger partial charge is 0.209 e. The number of rotatable bonds is 6. The molecule has 0 saturated carbocycles. The minimum Gasteiger partial charge on any atom is -0.497 e. The summed E-state index contributed by atoms with van der Waals surface area (Å²) >= 11 is 0. The van der Waals surface area contributed by atoms with E-state index < -0.39 is 10.0 Å². The van der Waals surface area contributed by atoms with Gasteiger partial charge in [0.2, 0.25) is 10.0 Å². The maximum Gasteiger partial charge on any atom is 0.209 e. The highest BCUT2D eigenvalue weighted by Gasteiger charge is 2.29. The van der Waals surface area contributed by atoms with Crippen molar-refractivity contribution in [2.45, 2.75) is 20.8 Å². The number of nitrogens with two attached hydrogens (primary N) is 1. The molecule has 0 aromatic heterocycles. The van der Waals surface area contributed by atoms with Crippen LogP contribution in [0, 0.1) is 11.3 Å². The Morgan fingerprint density at radius 3 is 2.35 bits per heavy atom. The van der Waals surface area contributed by atoms with Crippen molar-refractivity contribution < 1.29 is 17.9 Å². The van der Waals surface area contributed by atoms with E-state index in [1.807, 2.05) is 32.9 Å². The van der Waals surface area contributed by atoms with E-state index in [0.717, 1.165) is 0 Å². The average Bonchev–Trinajstić information content (AvgIpc) is 2.32. The van der Waals surface area contributed by atoms with E-state index >= 15 is 0 Å². The Labute approximate surface area is 121 Å². The summed E-state index contributed by atoms with van der Waals surface area (Å²) in [5.41, 5.74) is -0.217. The van der Waals surface area contributed by atoms with Gasteiger partial charge >= 0.3 is 0 Å². The van der Waals surface area contributed by atoms with E-state index in [-0.39, 0.29) is 23.7 Å². The van der Waals surface area contributed by atoms with Crippen LogP contribution >= 0.6 is 0 Å². The van der Waals surface area contributed by atoms with Gasteiger partial charge in [-0.3, -0.25) is 0 Å². The van der Waals surface area contributed by atoms with Crippen molar-refractivity contribution in [3.63, 3.8) is 0 Å². The molecule has 6 heteroatoms. The summed E-state index contributed by atoms with van der Waals surface area (Å²) in [5, 5.41) is 5.14. The Hall–Kier alpha value is -1.27. The topological polar surface area (TPSA) is 78.6 Å². The minimum atomic E-state index is -3.53. The van der Waals surface area contributed by atoms with Gasteiger partial charge in [-0.15, -0.1) is 0 Å². The van der Waals surface area contributed by atoms with Crippen molar-refractivity contribution in [2.75, 3.05) is 19.5 Å². The first-order valence-electron chi connectivity index (χ1n) is 6.39. The van der Waals surface area contributed by atoms with E-state index in [4.69, 9.17) is 14.6 Å². The van der Waals surface area contributed by atoms with E-state index in [2.05, 4.69) is 0 Å². The molecule has 20 heavy (non-hydrogen) atoms. The van der Waals surface area contributed by atoms with Crippen LogP contribution in [0.4, 0.5) is 0 Å². The van der Waals surface area contributed by atoms with Gasteiger partial charge in [-0.05, 0) is 17.5 Å². The summed E-state index contributed by atoms with van der Waals surface area (Å²) in [5.74, 6) is 1.05. The third-order valence-corrected chi connectivity index (χ3v) is 4.02. The van der Waals surface area contributed by atoms with Gasteiger partial charge in [-0.2, -0.15) is 0 Å². The zero-order valence-electron chi connectivity index (χ0n) is 12.4. The molecule has 1 unspecified atom stereocenters. The Morgan fingerprint density at radius 1 is 1.25 bits per heavy atom. The summed E-state index contributed by atoms with van der Waals surface area (Å²) in [6.07, 6.45) is 0. The molecule has 1 rings (SSSR count). The van der Waals surface area contributed by atoms with E-state index in [9.17, 15) is 8.42 Å². The molecule has 2 N–H and O–H groups in total. The summed E-state index contributed by atoms with van der Waals surface area (Å²) in [6, 6.07) is 7.20. The van der Waals surface area contributed by atoms with Crippen molar-refractivity contribution in [1.82, 2.24) is 0 Å². The third-order valence-electron chi connectivity index (χ3n) is 3.15. The predicted octanol–water partition coefficient (Wildman–Crippen LogP) is 2.02. The number of ether oxygens (including phenoxy) is 2. The zero-order valence-corrected chi connectivity index (χ0v) is 13.2. The SMILES string of the molecule is COc1cccc(OCC(CS(N)(=O)=O)C(C)(C)C)c1. The predicted molar refractivity (Wildman–Crippen MR) is 79.4 cm³/mol. The molecule has 0 aliphatic heterocycles. The van der Waals surface area contributed by atoms with Gasteiger partial charge in [-0.25, -0.2) is 13.6 Å². The number of hydrogen-bond donors (Lipinski definition) is 1. The van der Waals surface area contributed by atoms with Crippen molar-refractivity contribution in [2.24, 2.45) is 16.5 Å². The lowest BCUT2D eigenvalue weighted by Crippen LogP contribution is -2.35. The van der Waals surface area contributed by atoms with Crippen LogP contribution in [0.15, 0.2) is 24.3 Å². The van der Waals surface area contributed by atoms with Gasteiger partial charge in [-0.1, -0.05) is 26.8 Å². The van der Waals surface area contributed by atoms with Gasteiger partial charge in [0.1, 0.15) is 11.5 Å². The molecule has 0 aliphatic carbocycles. The molecule has 114 valence electrons. The van der Waals surface area contributed by atoms with Crippen LogP contribution in [0.5, 0.6) is 11.5 Å². The van der Waals surface area contributed by atoms with E-state index in [1.54, 1.807) is 19.2 Å². The number of benzene rings is 1. The second-order valence-electron chi connectivity index (χ2n) is 5.88. The Kier molecular flexibility index (Phi) is 5.42. The maximum atomic E-state index is 11.3. The summed E-state index contributed by atoms with van der Waals surface area (Å²) in [6.45, 7) is 6.19. The molecule has 1 aromatic carbocycles. The van der Waals surface area contributed by atoms with Crippen molar-refractivity contribution in [3.05, 3.63) is 24.3 Å². The summed E-state index contributed by atoms with van der Waals surface area (Å²) < 4.78 is 33.4. The maximum absolute atomic E-state index is 11.3. The third kappa shape index (κ3) is 5.79. The Bertz CT molecular complexity index is 534. The molecule has 0 saturated heterocycles. The van der Waals surface area contributed by atoms with Gasteiger partial charge in [0.25, 0.3) is 0 Å². The molecule has 0 heterocycles. The highest BCUT2D eigenvalue weighted by Crippen LogP contribution is 2.28. The monoisotopic (exact) mass is 301 g/mol. The minimum absolute atomic E-state index is 0.0968. The highest BCUT2D eigenvalue weighted by atomic mass is 32.2. The molecule has 0 amide bonds. The van der Waals surface area contributed by atoms with Crippen LogP contribution in [-0.2, 0) is 10.0 Å². The molecule has 0 fully saturated rings. The lowest BCUT2D eigenvalue weighted by molar-refractivity contribution is 0.163. The molecule has 0 spiro atoms. The fraction of sp³-hybridized carbons (Fsp3) is 0.571. The first kappa shape index (κ1) is 16.8. The van der Waals surface area contributed by atoms with Crippen LogP contribution in [0.2, 0.25) is 0 Å². The van der Waals surface area contributed by atoms with E-state index in [1.165, 1.54) is 0 Å². The van der Waals surface area contributed by atoms with E-state index in [0.29, 0.717) is 11.5 Å². The molecular weight excluding hydrogens is 278 g/mol. The first-order valence-corrected chi connectivity index (χ1v) is 8.10. The van der Waals surface area contributed by atoms with Crippen molar-refractivity contribution >= 4 is 10.0 Å². The zero-order chi connectivity index (χ0) is 15.4. The Morgan fingerprint density at radius 2 is 1.85 bits per heavy atom. The largest absolute Gasteiger partial charge is 0.497 e. The molecule has 0 bridgehead atoms. The Balaban J connectivity index is 2.76. The molecular formula is C14H23NO4S. The van der Waals surface area contributed by atoms with Crippen LogP contribution in [0.1, 0.15) is 20.8 Å². The molecule has 0 radical (unpaired) electrons. The normalized spacial score (nSPS) is 13.8. The van der Waals surface area contributed by atoms with Gasteiger partial charge in [0.15, 0.2) is 0 Å². The van der Waals surface area contributed by atoms with Crippen molar-refractivity contribution in [1.29, 1.82) is 0 Å². The van der Waals surface area contributed by atoms with Gasteiger partial charge in [0.05, 0.1) is 19.5 Å². The summed E-state index contributed by atoms with van der Waals surface area (Å²) in [7, 11) is -1.95. The van der Waals surface area contributed by atoms with Crippen LogP contribution in [0.3, 0.4) is 0 Å². The molecule has 0 aliphatic rings. The van der Waals surface area contributed by atoms with Crippen LogP contribution in [-0.4, -0.2) is 27.9 Å². The second kappa shape index (κ2) is 6.45. The fourth-order valence-corrected chi connectivity index (χ4v) is 2.87. The average molecular weight is 301 g/mol. The molecule has 1 atom stereocenters. The number of sulfonamides is 1. The number of methoxy groups -OCH3 is 1. The van der Waals surface area contributed by atoms with Gasteiger partial charge < -0.3 is 9.47 Å². The van der Waals surface area contributed by atoms with Crippen LogP contribution in [0.25, 0.3) is 0 Å². The van der Waals surface area contributed by atoms with Gasteiger partial charge in [0, 0.05) is 12.0 Å². The second-order valence-corrected chi connectivity index (χ2v) is 7.54. The standard InChI is InChI=1S/C14H23NO4S/c1-14(2,3)11(10-20(15,16)17)9-19-13-7-5-6-12(8-13)18-4/h5-8,11H,9-10H2,1-4H3,(H2,15,16,17). The number of hydrogen-bond acceptors (Lipinski definition) is 4. The first-order chi connectivity index (χ1) is 9.12. The highest BCUT2D eigenvalue weighted by molar-refractivity contribution is 7.89. The fourth-order valence-electron chi connectivity index (χ4n) is 1.72. The quantitative estimate of drug-likeness (QED) is 0.872. The lowest BCUT2D eigenvalue weighted by atomic mass is 9.82. The lowest BCUT2D eigenvalue weighted by Gasteiger charge is -2.29.